The van der Waals surface area contributed by atoms with Crippen LogP contribution in [0.1, 0.15) is 5.56 Å². The molecular weight excluding hydrogens is 286 g/mol. The third-order valence-corrected chi connectivity index (χ3v) is 4.35. The standard InChI is InChI=1S/C14H17N5OS/c1-18(2)11-5-3-10(4-6-11)7-15-13-16-17-14-19(13)8-12(20)9-21-14/h3-7,12,20H,8-9H2,1-2H3/b15-7+. The van der Waals surface area contributed by atoms with Gasteiger partial charge in [0.2, 0.25) is 0 Å². The average molecular weight is 303 g/mol. The normalized spacial score (nSPS) is 18.0. The maximum atomic E-state index is 9.71. The van der Waals surface area contributed by atoms with Crippen molar-refractivity contribution in [3.63, 3.8) is 0 Å². The minimum Gasteiger partial charge on any atom is -0.390 e. The highest BCUT2D eigenvalue weighted by atomic mass is 32.2. The van der Waals surface area contributed by atoms with E-state index in [0.29, 0.717) is 18.2 Å². The van der Waals surface area contributed by atoms with Crippen LogP contribution in [-0.4, -0.2) is 52.0 Å². The van der Waals surface area contributed by atoms with Crippen LogP contribution in [0, 0.1) is 0 Å². The zero-order chi connectivity index (χ0) is 14.8. The summed E-state index contributed by atoms with van der Waals surface area (Å²) in [6.07, 6.45) is 1.40. The Labute approximate surface area is 127 Å². The lowest BCUT2D eigenvalue weighted by atomic mass is 10.2. The van der Waals surface area contributed by atoms with Crippen LogP contribution >= 0.6 is 11.8 Å². The number of hydrogen-bond acceptors (Lipinski definition) is 6. The van der Waals surface area contributed by atoms with Gasteiger partial charge < -0.3 is 10.0 Å². The number of rotatable bonds is 3. The maximum absolute atomic E-state index is 9.71. The molecule has 3 rings (SSSR count). The summed E-state index contributed by atoms with van der Waals surface area (Å²) in [4.78, 5) is 6.44. The van der Waals surface area contributed by atoms with Crippen LogP contribution in [0.5, 0.6) is 0 Å². The van der Waals surface area contributed by atoms with Gasteiger partial charge in [0.15, 0.2) is 5.16 Å². The first-order valence-corrected chi connectivity index (χ1v) is 7.67. The average Bonchev–Trinajstić information content (AvgIpc) is 2.88. The smallest absolute Gasteiger partial charge is 0.251 e. The minimum atomic E-state index is -0.369. The van der Waals surface area contributed by atoms with Gasteiger partial charge in [0.1, 0.15) is 0 Å². The summed E-state index contributed by atoms with van der Waals surface area (Å²) in [7, 11) is 4.02. The van der Waals surface area contributed by atoms with Crippen molar-refractivity contribution in [1.29, 1.82) is 0 Å². The molecule has 2 aromatic rings. The highest BCUT2D eigenvalue weighted by Crippen LogP contribution is 2.27. The van der Waals surface area contributed by atoms with E-state index < -0.39 is 0 Å². The zero-order valence-corrected chi connectivity index (χ0v) is 12.8. The summed E-state index contributed by atoms with van der Waals surface area (Å²) in [5, 5.41) is 18.7. The molecule has 0 bridgehead atoms. The number of aliphatic hydroxyl groups is 1. The van der Waals surface area contributed by atoms with Gasteiger partial charge in [-0.15, -0.1) is 10.2 Å². The van der Waals surface area contributed by atoms with E-state index >= 15 is 0 Å². The molecule has 6 nitrogen and oxygen atoms in total. The number of benzene rings is 1. The van der Waals surface area contributed by atoms with Crippen LogP contribution in [0.2, 0.25) is 0 Å². The molecule has 1 atom stereocenters. The number of nitrogens with zero attached hydrogens (tertiary/aromatic N) is 5. The predicted molar refractivity (Wildman–Crippen MR) is 84.8 cm³/mol. The summed E-state index contributed by atoms with van der Waals surface area (Å²) in [5.41, 5.74) is 2.15. The summed E-state index contributed by atoms with van der Waals surface area (Å²) in [6.45, 7) is 0.502. The molecule has 1 unspecified atom stereocenters. The molecule has 1 aromatic heterocycles. The van der Waals surface area contributed by atoms with Crippen LogP contribution in [0.4, 0.5) is 11.6 Å². The minimum absolute atomic E-state index is 0.369. The fraction of sp³-hybridized carbons (Fsp3) is 0.357. The van der Waals surface area contributed by atoms with E-state index in [4.69, 9.17) is 0 Å². The molecule has 21 heavy (non-hydrogen) atoms. The van der Waals surface area contributed by atoms with E-state index in [9.17, 15) is 5.11 Å². The highest BCUT2D eigenvalue weighted by Gasteiger charge is 2.21. The fourth-order valence-electron chi connectivity index (χ4n) is 2.07. The van der Waals surface area contributed by atoms with Gasteiger partial charge in [0.25, 0.3) is 5.95 Å². The molecule has 0 aliphatic carbocycles. The third-order valence-electron chi connectivity index (χ3n) is 3.23. The molecule has 1 aliphatic rings. The molecule has 7 heteroatoms. The number of anilines is 1. The summed E-state index contributed by atoms with van der Waals surface area (Å²) >= 11 is 1.50. The molecule has 0 radical (unpaired) electrons. The molecule has 1 aliphatic heterocycles. The van der Waals surface area contributed by atoms with Gasteiger partial charge >= 0.3 is 0 Å². The largest absolute Gasteiger partial charge is 0.390 e. The number of aromatic nitrogens is 3. The zero-order valence-electron chi connectivity index (χ0n) is 12.0. The molecular formula is C14H17N5OS. The number of fused-ring (bicyclic) bond motifs is 1. The Morgan fingerprint density at radius 1 is 1.33 bits per heavy atom. The van der Waals surface area contributed by atoms with Gasteiger partial charge in [-0.05, 0) is 17.7 Å². The Morgan fingerprint density at radius 2 is 2.10 bits per heavy atom. The number of aliphatic imine (C=N–C) groups is 1. The lowest BCUT2D eigenvalue weighted by molar-refractivity contribution is 0.171. The SMILES string of the molecule is CN(C)c1ccc(/C=N/c2nnc3n2CC(O)CS3)cc1. The first kappa shape index (κ1) is 14.1. The summed E-state index contributed by atoms with van der Waals surface area (Å²) in [5.74, 6) is 1.20. The van der Waals surface area contributed by atoms with Crippen LogP contribution in [0.3, 0.4) is 0 Å². The van der Waals surface area contributed by atoms with Gasteiger partial charge in [-0.25, -0.2) is 4.99 Å². The van der Waals surface area contributed by atoms with Crippen molar-refractivity contribution >= 4 is 29.6 Å². The van der Waals surface area contributed by atoms with Gasteiger partial charge in [-0.2, -0.15) is 0 Å². The third kappa shape index (κ3) is 3.08. The van der Waals surface area contributed by atoms with Crippen molar-refractivity contribution in [2.45, 2.75) is 17.8 Å². The maximum Gasteiger partial charge on any atom is 0.251 e. The topological polar surface area (TPSA) is 66.5 Å². The molecule has 0 saturated heterocycles. The van der Waals surface area contributed by atoms with Crippen LogP contribution in [0.25, 0.3) is 0 Å². The Balaban J connectivity index is 1.79. The molecule has 0 fully saturated rings. The van der Waals surface area contributed by atoms with Crippen LogP contribution < -0.4 is 4.90 Å². The molecule has 0 spiro atoms. The Kier molecular flexibility index (Phi) is 3.94. The van der Waals surface area contributed by atoms with Crippen molar-refractivity contribution in [2.24, 2.45) is 4.99 Å². The van der Waals surface area contributed by atoms with E-state index in [1.807, 2.05) is 42.9 Å². The first-order chi connectivity index (χ1) is 10.1. The van der Waals surface area contributed by atoms with Crippen molar-refractivity contribution in [3.8, 4) is 0 Å². The molecule has 2 heterocycles. The first-order valence-electron chi connectivity index (χ1n) is 6.69. The van der Waals surface area contributed by atoms with Crippen molar-refractivity contribution in [3.05, 3.63) is 29.8 Å². The van der Waals surface area contributed by atoms with Gasteiger partial charge in [-0.1, -0.05) is 23.9 Å². The van der Waals surface area contributed by atoms with Crippen LogP contribution in [-0.2, 0) is 6.54 Å². The second kappa shape index (κ2) is 5.87. The fourth-order valence-corrected chi connectivity index (χ4v) is 2.93. The quantitative estimate of drug-likeness (QED) is 0.872. The molecule has 0 amide bonds. The lowest BCUT2D eigenvalue weighted by Gasteiger charge is -2.17. The second-order valence-electron chi connectivity index (χ2n) is 5.10. The lowest BCUT2D eigenvalue weighted by Crippen LogP contribution is -2.23. The van der Waals surface area contributed by atoms with E-state index in [1.165, 1.54) is 11.8 Å². The number of hydrogen-bond donors (Lipinski definition) is 1. The summed E-state index contributed by atoms with van der Waals surface area (Å²) < 4.78 is 1.85. The van der Waals surface area contributed by atoms with E-state index in [1.54, 1.807) is 6.21 Å². The van der Waals surface area contributed by atoms with Crippen molar-refractivity contribution in [1.82, 2.24) is 14.8 Å². The van der Waals surface area contributed by atoms with Gasteiger partial charge in [0.05, 0.1) is 12.6 Å². The second-order valence-corrected chi connectivity index (χ2v) is 6.09. The Morgan fingerprint density at radius 3 is 2.81 bits per heavy atom. The van der Waals surface area contributed by atoms with Gasteiger partial charge in [0, 0.05) is 31.8 Å². The highest BCUT2D eigenvalue weighted by molar-refractivity contribution is 7.99. The monoisotopic (exact) mass is 303 g/mol. The van der Waals surface area contributed by atoms with Crippen molar-refractivity contribution < 1.29 is 5.11 Å². The predicted octanol–water partition coefficient (Wildman–Crippen LogP) is 1.56. The van der Waals surface area contributed by atoms with E-state index in [2.05, 4.69) is 20.1 Å². The molecule has 1 N–H and O–H groups in total. The van der Waals surface area contributed by atoms with Gasteiger partial charge in [-0.3, -0.25) is 4.57 Å². The van der Waals surface area contributed by atoms with E-state index in [0.717, 1.165) is 16.4 Å². The Hall–Kier alpha value is -1.86. The molecule has 1 aromatic carbocycles. The van der Waals surface area contributed by atoms with E-state index in [-0.39, 0.29) is 6.10 Å². The molecule has 0 saturated carbocycles. The van der Waals surface area contributed by atoms with Crippen molar-refractivity contribution in [2.75, 3.05) is 24.7 Å². The van der Waals surface area contributed by atoms with Crippen LogP contribution in [0.15, 0.2) is 34.4 Å². The number of thioether (sulfide) groups is 1. The molecule has 110 valence electrons. The summed E-state index contributed by atoms with van der Waals surface area (Å²) in [6, 6.07) is 8.10. The Bertz CT molecular complexity index is 650. The number of aliphatic hydroxyl groups excluding tert-OH is 1.